The number of anilines is 1. The average molecular weight is 241 g/mol. The van der Waals surface area contributed by atoms with E-state index in [9.17, 15) is 8.42 Å². The van der Waals surface area contributed by atoms with Gasteiger partial charge in [0.05, 0.1) is 18.1 Å². The summed E-state index contributed by atoms with van der Waals surface area (Å²) in [6, 6.07) is 7.39. The van der Waals surface area contributed by atoms with Crippen molar-refractivity contribution in [1.29, 1.82) is 0 Å². The first-order chi connectivity index (χ1) is 7.59. The summed E-state index contributed by atoms with van der Waals surface area (Å²) in [4.78, 5) is 0. The van der Waals surface area contributed by atoms with E-state index in [1.807, 2.05) is 24.3 Å². The Balaban J connectivity index is 2.04. The SMILES string of the molecule is O=S1(=O)CCC(Nc2cccc(CO)c2)C1. The molecule has 0 radical (unpaired) electrons. The van der Waals surface area contributed by atoms with Crippen LogP contribution in [0.3, 0.4) is 0 Å². The minimum atomic E-state index is -2.84. The molecule has 16 heavy (non-hydrogen) atoms. The van der Waals surface area contributed by atoms with Gasteiger partial charge in [0.1, 0.15) is 0 Å². The molecule has 0 aliphatic carbocycles. The van der Waals surface area contributed by atoms with Gasteiger partial charge in [-0.05, 0) is 24.1 Å². The van der Waals surface area contributed by atoms with Crippen molar-refractivity contribution in [2.75, 3.05) is 16.8 Å². The first-order valence-electron chi connectivity index (χ1n) is 5.26. The largest absolute Gasteiger partial charge is 0.392 e. The van der Waals surface area contributed by atoms with Gasteiger partial charge in [-0.1, -0.05) is 12.1 Å². The number of nitrogens with one attached hydrogen (secondary N) is 1. The molecular formula is C11H15NO3S. The van der Waals surface area contributed by atoms with Crippen molar-refractivity contribution in [2.45, 2.75) is 19.1 Å². The van der Waals surface area contributed by atoms with Crippen LogP contribution in [-0.2, 0) is 16.4 Å². The highest BCUT2D eigenvalue weighted by molar-refractivity contribution is 7.91. The summed E-state index contributed by atoms with van der Waals surface area (Å²) in [6.07, 6.45) is 0.658. The van der Waals surface area contributed by atoms with Crippen molar-refractivity contribution in [3.05, 3.63) is 29.8 Å². The molecule has 1 fully saturated rings. The Morgan fingerprint density at radius 3 is 2.88 bits per heavy atom. The molecule has 1 aromatic rings. The number of aliphatic hydroxyl groups excluding tert-OH is 1. The Bertz CT molecular complexity index is 470. The Morgan fingerprint density at radius 1 is 1.44 bits per heavy atom. The number of sulfone groups is 1. The maximum absolute atomic E-state index is 11.3. The highest BCUT2D eigenvalue weighted by atomic mass is 32.2. The van der Waals surface area contributed by atoms with Gasteiger partial charge < -0.3 is 10.4 Å². The van der Waals surface area contributed by atoms with Gasteiger partial charge in [0, 0.05) is 11.7 Å². The number of hydrogen-bond donors (Lipinski definition) is 2. The highest BCUT2D eigenvalue weighted by Gasteiger charge is 2.27. The third-order valence-electron chi connectivity index (χ3n) is 2.71. The molecular weight excluding hydrogens is 226 g/mol. The van der Waals surface area contributed by atoms with E-state index in [1.54, 1.807) is 0 Å². The molecule has 2 N–H and O–H groups in total. The van der Waals surface area contributed by atoms with Gasteiger partial charge in [0.15, 0.2) is 9.84 Å². The summed E-state index contributed by atoms with van der Waals surface area (Å²) in [5.74, 6) is 0.473. The number of aliphatic hydroxyl groups is 1. The van der Waals surface area contributed by atoms with Crippen molar-refractivity contribution in [3.8, 4) is 0 Å². The summed E-state index contributed by atoms with van der Waals surface area (Å²) in [6.45, 7) is -0.00150. The second-order valence-corrected chi connectivity index (χ2v) is 6.33. The number of hydrogen-bond acceptors (Lipinski definition) is 4. The molecule has 1 heterocycles. The fourth-order valence-electron chi connectivity index (χ4n) is 1.90. The Kier molecular flexibility index (Phi) is 3.16. The van der Waals surface area contributed by atoms with Crippen molar-refractivity contribution in [1.82, 2.24) is 0 Å². The summed E-state index contributed by atoms with van der Waals surface area (Å²) in [5, 5.41) is 12.2. The van der Waals surface area contributed by atoms with Gasteiger partial charge in [-0.3, -0.25) is 0 Å². The second-order valence-electron chi connectivity index (χ2n) is 4.10. The molecule has 0 spiro atoms. The summed E-state index contributed by atoms with van der Waals surface area (Å²) >= 11 is 0. The lowest BCUT2D eigenvalue weighted by Crippen LogP contribution is -2.20. The van der Waals surface area contributed by atoms with Gasteiger partial charge in [0.25, 0.3) is 0 Å². The van der Waals surface area contributed by atoms with Crippen molar-refractivity contribution >= 4 is 15.5 Å². The fraction of sp³-hybridized carbons (Fsp3) is 0.455. The molecule has 1 saturated heterocycles. The zero-order valence-electron chi connectivity index (χ0n) is 8.89. The van der Waals surface area contributed by atoms with E-state index in [-0.39, 0.29) is 24.2 Å². The zero-order chi connectivity index (χ0) is 11.6. The number of rotatable bonds is 3. The second kappa shape index (κ2) is 4.43. The van der Waals surface area contributed by atoms with Crippen LogP contribution in [0.25, 0.3) is 0 Å². The minimum Gasteiger partial charge on any atom is -0.392 e. The maximum atomic E-state index is 11.3. The molecule has 5 heteroatoms. The van der Waals surface area contributed by atoms with Crippen molar-refractivity contribution in [3.63, 3.8) is 0 Å². The van der Waals surface area contributed by atoms with Crippen LogP contribution in [-0.4, -0.2) is 31.1 Å². The van der Waals surface area contributed by atoms with Crippen LogP contribution in [0.5, 0.6) is 0 Å². The van der Waals surface area contributed by atoms with E-state index in [0.29, 0.717) is 6.42 Å². The molecule has 1 aliphatic rings. The Hall–Kier alpha value is -1.07. The van der Waals surface area contributed by atoms with E-state index in [2.05, 4.69) is 5.32 Å². The molecule has 2 rings (SSSR count). The molecule has 0 saturated carbocycles. The molecule has 88 valence electrons. The van der Waals surface area contributed by atoms with Crippen molar-refractivity contribution < 1.29 is 13.5 Å². The molecule has 1 atom stereocenters. The van der Waals surface area contributed by atoms with E-state index >= 15 is 0 Å². The van der Waals surface area contributed by atoms with Gasteiger partial charge in [0.2, 0.25) is 0 Å². The van der Waals surface area contributed by atoms with Crippen LogP contribution in [0.15, 0.2) is 24.3 Å². The Labute approximate surface area is 95.2 Å². The monoisotopic (exact) mass is 241 g/mol. The van der Waals surface area contributed by atoms with Gasteiger partial charge >= 0.3 is 0 Å². The lowest BCUT2D eigenvalue weighted by molar-refractivity contribution is 0.282. The molecule has 4 nitrogen and oxygen atoms in total. The summed E-state index contributed by atoms with van der Waals surface area (Å²) in [7, 11) is -2.84. The van der Waals surface area contributed by atoms with Crippen LogP contribution in [0.1, 0.15) is 12.0 Å². The van der Waals surface area contributed by atoms with Crippen LogP contribution in [0.4, 0.5) is 5.69 Å². The standard InChI is InChI=1S/C11H15NO3S/c13-7-9-2-1-3-10(6-9)12-11-4-5-16(14,15)8-11/h1-3,6,11-13H,4-5,7-8H2. The van der Waals surface area contributed by atoms with E-state index in [4.69, 9.17) is 5.11 Å². The van der Waals surface area contributed by atoms with Gasteiger partial charge in [-0.25, -0.2) is 8.42 Å². The molecule has 1 aromatic carbocycles. The van der Waals surface area contributed by atoms with Crippen LogP contribution in [0, 0.1) is 0 Å². The normalized spacial score (nSPS) is 23.2. The van der Waals surface area contributed by atoms with E-state index in [1.165, 1.54) is 0 Å². The highest BCUT2D eigenvalue weighted by Crippen LogP contribution is 2.18. The van der Waals surface area contributed by atoms with Crippen LogP contribution in [0.2, 0.25) is 0 Å². The number of benzene rings is 1. The molecule has 0 amide bonds. The van der Waals surface area contributed by atoms with Crippen LogP contribution >= 0.6 is 0 Å². The van der Waals surface area contributed by atoms with Crippen molar-refractivity contribution in [2.24, 2.45) is 0 Å². The molecule has 0 aromatic heterocycles. The average Bonchev–Trinajstić information content (AvgIpc) is 2.58. The topological polar surface area (TPSA) is 66.4 Å². The van der Waals surface area contributed by atoms with Gasteiger partial charge in [-0.2, -0.15) is 0 Å². The Morgan fingerprint density at radius 2 is 2.25 bits per heavy atom. The quantitative estimate of drug-likeness (QED) is 0.820. The minimum absolute atomic E-state index is 0.000979. The lowest BCUT2D eigenvalue weighted by atomic mass is 10.2. The van der Waals surface area contributed by atoms with E-state index < -0.39 is 9.84 Å². The maximum Gasteiger partial charge on any atom is 0.152 e. The predicted octanol–water partition coefficient (Wildman–Crippen LogP) is 0.778. The van der Waals surface area contributed by atoms with Crippen LogP contribution < -0.4 is 5.32 Å². The summed E-state index contributed by atoms with van der Waals surface area (Å²) in [5.41, 5.74) is 1.69. The fourth-order valence-corrected chi connectivity index (χ4v) is 3.58. The molecule has 1 aliphatic heterocycles. The molecule has 0 bridgehead atoms. The molecule has 1 unspecified atom stereocenters. The predicted molar refractivity (Wildman–Crippen MR) is 63.0 cm³/mol. The zero-order valence-corrected chi connectivity index (χ0v) is 9.70. The third-order valence-corrected chi connectivity index (χ3v) is 4.48. The first kappa shape index (κ1) is 11.4. The van der Waals surface area contributed by atoms with Gasteiger partial charge in [-0.15, -0.1) is 0 Å². The first-order valence-corrected chi connectivity index (χ1v) is 7.08. The third kappa shape index (κ3) is 2.74. The smallest absolute Gasteiger partial charge is 0.152 e. The summed E-state index contributed by atoms with van der Waals surface area (Å²) < 4.78 is 22.5. The lowest BCUT2D eigenvalue weighted by Gasteiger charge is -2.12. The van der Waals surface area contributed by atoms with E-state index in [0.717, 1.165) is 11.3 Å².